The van der Waals surface area contributed by atoms with Crippen LogP contribution in [-0.2, 0) is 6.42 Å². The maximum Gasteiger partial charge on any atom is 0.270 e. The number of benzene rings is 2. The molecular formula is C20H18ClFN4O. The van der Waals surface area contributed by atoms with Gasteiger partial charge in [0.2, 0.25) is 0 Å². The molecule has 0 unspecified atom stereocenters. The summed E-state index contributed by atoms with van der Waals surface area (Å²) in [6.45, 7) is 2.13. The Morgan fingerprint density at radius 1 is 1.11 bits per heavy atom. The summed E-state index contributed by atoms with van der Waals surface area (Å²) in [7, 11) is 0. The second-order valence-electron chi connectivity index (χ2n) is 5.92. The van der Waals surface area contributed by atoms with Gasteiger partial charge < -0.3 is 10.6 Å². The zero-order valence-corrected chi connectivity index (χ0v) is 15.4. The molecule has 0 spiro atoms. The van der Waals surface area contributed by atoms with Crippen molar-refractivity contribution in [2.45, 2.75) is 13.3 Å². The zero-order chi connectivity index (χ0) is 19.2. The van der Waals surface area contributed by atoms with Gasteiger partial charge >= 0.3 is 0 Å². The number of halogens is 2. The number of rotatable bonds is 6. The Bertz CT molecular complexity index is 947. The van der Waals surface area contributed by atoms with Crippen LogP contribution in [0, 0.1) is 12.7 Å². The van der Waals surface area contributed by atoms with E-state index in [4.69, 9.17) is 11.6 Å². The molecule has 27 heavy (non-hydrogen) atoms. The van der Waals surface area contributed by atoms with Gasteiger partial charge in [0.1, 0.15) is 23.2 Å². The van der Waals surface area contributed by atoms with Gasteiger partial charge in [0.05, 0.1) is 10.7 Å². The lowest BCUT2D eigenvalue weighted by molar-refractivity contribution is 0.0949. The number of hydrogen-bond acceptors (Lipinski definition) is 4. The molecule has 0 bridgehead atoms. The van der Waals surface area contributed by atoms with Crippen molar-refractivity contribution >= 4 is 29.0 Å². The van der Waals surface area contributed by atoms with Crippen LogP contribution in [0.2, 0.25) is 5.02 Å². The van der Waals surface area contributed by atoms with E-state index in [1.807, 2.05) is 18.2 Å². The van der Waals surface area contributed by atoms with Crippen molar-refractivity contribution in [1.82, 2.24) is 15.3 Å². The molecule has 0 aliphatic carbocycles. The van der Waals surface area contributed by atoms with E-state index < -0.39 is 0 Å². The number of carbonyl (C=O) groups excluding carboxylic acids is 1. The van der Waals surface area contributed by atoms with E-state index >= 15 is 0 Å². The molecule has 0 atom stereocenters. The fraction of sp³-hybridized carbons (Fsp3) is 0.150. The van der Waals surface area contributed by atoms with E-state index in [9.17, 15) is 9.18 Å². The quantitative estimate of drug-likeness (QED) is 0.665. The van der Waals surface area contributed by atoms with Gasteiger partial charge in [-0.2, -0.15) is 0 Å². The molecule has 7 heteroatoms. The molecule has 0 fully saturated rings. The first-order valence-corrected chi connectivity index (χ1v) is 8.79. The molecule has 0 aliphatic rings. The van der Waals surface area contributed by atoms with E-state index in [0.717, 1.165) is 5.56 Å². The van der Waals surface area contributed by atoms with E-state index in [-0.39, 0.29) is 17.4 Å². The van der Waals surface area contributed by atoms with E-state index in [1.54, 1.807) is 31.2 Å². The predicted molar refractivity (Wildman–Crippen MR) is 104 cm³/mol. The Hall–Kier alpha value is -2.99. The summed E-state index contributed by atoms with van der Waals surface area (Å²) in [5.41, 5.74) is 1.90. The van der Waals surface area contributed by atoms with Crippen molar-refractivity contribution in [3.05, 3.63) is 82.5 Å². The minimum absolute atomic E-state index is 0.260. The summed E-state index contributed by atoms with van der Waals surface area (Å²) < 4.78 is 12.9. The lowest BCUT2D eigenvalue weighted by Gasteiger charge is -2.10. The molecule has 0 saturated heterocycles. The lowest BCUT2D eigenvalue weighted by atomic mass is 10.1. The second kappa shape index (κ2) is 8.60. The molecule has 2 N–H and O–H groups in total. The van der Waals surface area contributed by atoms with Crippen LogP contribution in [0.25, 0.3) is 0 Å². The highest BCUT2D eigenvalue weighted by atomic mass is 35.5. The van der Waals surface area contributed by atoms with E-state index in [2.05, 4.69) is 20.6 Å². The highest BCUT2D eigenvalue weighted by Crippen LogP contribution is 2.24. The standard InChI is InChI=1S/C20H18ClFN4O/c1-13-24-18(12-19(25-13)26-17-5-3-2-4-16(17)21)20(27)23-11-10-14-6-8-15(22)9-7-14/h2-9,12H,10-11H2,1H3,(H,23,27)(H,24,25,26). The van der Waals surface area contributed by atoms with Crippen molar-refractivity contribution in [3.8, 4) is 0 Å². The van der Waals surface area contributed by atoms with Crippen LogP contribution >= 0.6 is 11.6 Å². The van der Waals surface area contributed by atoms with Gasteiger partial charge in [0.15, 0.2) is 0 Å². The number of anilines is 2. The molecule has 2 aromatic carbocycles. The molecule has 1 aromatic heterocycles. The van der Waals surface area contributed by atoms with E-state index in [1.165, 1.54) is 12.1 Å². The Kier molecular flexibility index (Phi) is 5.98. The number of hydrogen-bond donors (Lipinski definition) is 2. The summed E-state index contributed by atoms with van der Waals surface area (Å²) in [5.74, 6) is 0.373. The Balaban J connectivity index is 1.65. The SMILES string of the molecule is Cc1nc(Nc2ccccc2Cl)cc(C(=O)NCCc2ccc(F)cc2)n1. The van der Waals surface area contributed by atoms with Gasteiger partial charge in [0.25, 0.3) is 5.91 Å². The molecule has 0 radical (unpaired) electrons. The van der Waals surface area contributed by atoms with Crippen LogP contribution < -0.4 is 10.6 Å². The number of carbonyl (C=O) groups is 1. The van der Waals surface area contributed by atoms with Crippen LogP contribution in [0.1, 0.15) is 21.9 Å². The van der Waals surface area contributed by atoms with Gasteiger partial charge in [-0.1, -0.05) is 35.9 Å². The predicted octanol–water partition coefficient (Wildman–Crippen LogP) is 4.29. The average Bonchev–Trinajstić information content (AvgIpc) is 2.65. The normalized spacial score (nSPS) is 10.5. The highest BCUT2D eigenvalue weighted by molar-refractivity contribution is 6.33. The van der Waals surface area contributed by atoms with Gasteiger partial charge in [-0.15, -0.1) is 0 Å². The summed E-state index contributed by atoms with van der Waals surface area (Å²) in [6.07, 6.45) is 0.598. The van der Waals surface area contributed by atoms with Crippen LogP contribution in [0.4, 0.5) is 15.9 Å². The molecule has 1 heterocycles. The molecule has 0 aliphatic heterocycles. The number of aryl methyl sites for hydroxylation is 1. The fourth-order valence-corrected chi connectivity index (χ4v) is 2.69. The first-order valence-electron chi connectivity index (χ1n) is 8.41. The number of para-hydroxylation sites is 1. The summed E-state index contributed by atoms with van der Waals surface area (Å²) in [5, 5.41) is 6.47. The smallest absolute Gasteiger partial charge is 0.270 e. The fourth-order valence-electron chi connectivity index (χ4n) is 2.51. The molecular weight excluding hydrogens is 367 g/mol. The zero-order valence-electron chi connectivity index (χ0n) is 14.7. The maximum atomic E-state index is 12.9. The number of nitrogens with zero attached hydrogens (tertiary/aromatic N) is 2. The van der Waals surface area contributed by atoms with Crippen molar-refractivity contribution in [2.24, 2.45) is 0 Å². The van der Waals surface area contributed by atoms with Crippen LogP contribution in [0.5, 0.6) is 0 Å². The summed E-state index contributed by atoms with van der Waals surface area (Å²) >= 11 is 6.14. The van der Waals surface area contributed by atoms with Crippen LogP contribution in [0.15, 0.2) is 54.6 Å². The van der Waals surface area contributed by atoms with Gasteiger partial charge in [-0.3, -0.25) is 4.79 Å². The molecule has 3 aromatic rings. The van der Waals surface area contributed by atoms with E-state index in [0.29, 0.717) is 35.3 Å². The summed E-state index contributed by atoms with van der Waals surface area (Å²) in [6, 6.07) is 15.0. The Labute approximate surface area is 161 Å². The van der Waals surface area contributed by atoms with Gasteiger partial charge in [0, 0.05) is 12.6 Å². The molecule has 138 valence electrons. The maximum absolute atomic E-state index is 12.9. The molecule has 3 rings (SSSR count). The summed E-state index contributed by atoms with van der Waals surface area (Å²) in [4.78, 5) is 20.9. The number of aromatic nitrogens is 2. The number of amides is 1. The first kappa shape index (κ1) is 18.8. The lowest BCUT2D eigenvalue weighted by Crippen LogP contribution is -2.27. The van der Waals surface area contributed by atoms with Crippen molar-refractivity contribution in [2.75, 3.05) is 11.9 Å². The largest absolute Gasteiger partial charge is 0.350 e. The first-order chi connectivity index (χ1) is 13.0. The van der Waals surface area contributed by atoms with Gasteiger partial charge in [-0.05, 0) is 43.2 Å². The number of nitrogens with one attached hydrogen (secondary N) is 2. The Morgan fingerprint density at radius 3 is 2.59 bits per heavy atom. The average molecular weight is 385 g/mol. The minimum atomic E-state index is -0.301. The molecule has 1 amide bonds. The molecule has 0 saturated carbocycles. The topological polar surface area (TPSA) is 66.9 Å². The third kappa shape index (κ3) is 5.24. The van der Waals surface area contributed by atoms with Crippen LogP contribution in [-0.4, -0.2) is 22.4 Å². The third-order valence-corrected chi connectivity index (χ3v) is 4.15. The second-order valence-corrected chi connectivity index (χ2v) is 6.33. The van der Waals surface area contributed by atoms with Crippen molar-refractivity contribution in [1.29, 1.82) is 0 Å². The monoisotopic (exact) mass is 384 g/mol. The Morgan fingerprint density at radius 2 is 1.85 bits per heavy atom. The minimum Gasteiger partial charge on any atom is -0.350 e. The van der Waals surface area contributed by atoms with Gasteiger partial charge in [-0.25, -0.2) is 14.4 Å². The molecule has 5 nitrogen and oxygen atoms in total. The third-order valence-electron chi connectivity index (χ3n) is 3.82. The highest BCUT2D eigenvalue weighted by Gasteiger charge is 2.11. The van der Waals surface area contributed by atoms with Crippen molar-refractivity contribution in [3.63, 3.8) is 0 Å². The van der Waals surface area contributed by atoms with Crippen LogP contribution in [0.3, 0.4) is 0 Å². The van der Waals surface area contributed by atoms with Crippen molar-refractivity contribution < 1.29 is 9.18 Å².